The third-order valence-corrected chi connectivity index (χ3v) is 5.24. The number of nitrogens with one attached hydrogen (secondary N) is 1. The molecule has 1 aliphatic rings. The summed E-state index contributed by atoms with van der Waals surface area (Å²) in [6.45, 7) is 3.83. The Morgan fingerprint density at radius 3 is 2.70 bits per heavy atom. The fraction of sp³-hybridized carbons (Fsp3) is 0.0526. The van der Waals surface area contributed by atoms with Gasteiger partial charge in [-0.1, -0.05) is 35.5 Å². The van der Waals surface area contributed by atoms with Gasteiger partial charge in [-0.2, -0.15) is 0 Å². The molecule has 27 heavy (non-hydrogen) atoms. The van der Waals surface area contributed by atoms with Gasteiger partial charge in [0.15, 0.2) is 5.11 Å². The van der Waals surface area contributed by atoms with E-state index in [2.05, 4.69) is 16.9 Å². The number of benzene rings is 1. The number of hydrogen-bond donors (Lipinski definition) is 1. The molecule has 0 bridgehead atoms. The van der Waals surface area contributed by atoms with Crippen molar-refractivity contribution in [1.82, 2.24) is 15.2 Å². The minimum absolute atomic E-state index is 0.00333. The zero-order valence-electron chi connectivity index (χ0n) is 14.0. The molecular formula is C19H14ClN3O2S2. The Balaban J connectivity index is 1.95. The first-order valence-corrected chi connectivity index (χ1v) is 9.48. The van der Waals surface area contributed by atoms with E-state index in [1.54, 1.807) is 36.5 Å². The number of hydrogen-bond acceptors (Lipinski definition) is 5. The first-order valence-electron chi connectivity index (χ1n) is 7.88. The van der Waals surface area contributed by atoms with Crippen molar-refractivity contribution >= 4 is 58.6 Å². The van der Waals surface area contributed by atoms with Crippen LogP contribution in [0, 0.1) is 0 Å². The first-order chi connectivity index (χ1) is 13.0. The smallest absolute Gasteiger partial charge is 0.265 e. The van der Waals surface area contributed by atoms with E-state index < -0.39 is 11.8 Å². The van der Waals surface area contributed by atoms with Crippen LogP contribution >= 0.6 is 35.6 Å². The number of pyridine rings is 1. The highest BCUT2D eigenvalue weighted by atomic mass is 35.5. The number of nitrogens with zero attached hydrogens (tertiary/aromatic N) is 2. The van der Waals surface area contributed by atoms with Crippen LogP contribution in [0.15, 0.2) is 70.7 Å². The van der Waals surface area contributed by atoms with Crippen molar-refractivity contribution in [2.45, 2.75) is 9.92 Å². The zero-order chi connectivity index (χ0) is 19.4. The summed E-state index contributed by atoms with van der Waals surface area (Å²) >= 11 is 12.4. The van der Waals surface area contributed by atoms with Gasteiger partial charge in [-0.15, -0.1) is 6.58 Å². The predicted octanol–water partition coefficient (Wildman–Crippen LogP) is 3.70. The van der Waals surface area contributed by atoms with Gasteiger partial charge in [-0.3, -0.25) is 19.8 Å². The molecule has 0 saturated carbocycles. The molecule has 2 aromatic rings. The fourth-order valence-electron chi connectivity index (χ4n) is 2.36. The van der Waals surface area contributed by atoms with Gasteiger partial charge in [0, 0.05) is 28.2 Å². The molecule has 1 saturated heterocycles. The average molecular weight is 416 g/mol. The molecule has 3 rings (SSSR count). The van der Waals surface area contributed by atoms with Gasteiger partial charge in [0.2, 0.25) is 0 Å². The summed E-state index contributed by atoms with van der Waals surface area (Å²) in [5.74, 6) is -0.994. The van der Waals surface area contributed by atoms with E-state index in [9.17, 15) is 9.59 Å². The van der Waals surface area contributed by atoms with Crippen molar-refractivity contribution in [2.75, 3.05) is 6.54 Å². The van der Waals surface area contributed by atoms with Crippen molar-refractivity contribution in [1.29, 1.82) is 0 Å². The van der Waals surface area contributed by atoms with E-state index >= 15 is 0 Å². The molecule has 8 heteroatoms. The van der Waals surface area contributed by atoms with Gasteiger partial charge in [0.25, 0.3) is 11.8 Å². The van der Waals surface area contributed by atoms with Crippen LogP contribution in [0.2, 0.25) is 5.02 Å². The Bertz CT molecular complexity index is 958. The van der Waals surface area contributed by atoms with Crippen LogP contribution in [0.1, 0.15) is 5.56 Å². The first kappa shape index (κ1) is 19.3. The lowest BCUT2D eigenvalue weighted by atomic mass is 10.1. The minimum atomic E-state index is -0.531. The summed E-state index contributed by atoms with van der Waals surface area (Å²) in [7, 11) is 0. The Morgan fingerprint density at radius 2 is 2.00 bits per heavy atom. The van der Waals surface area contributed by atoms with Gasteiger partial charge in [-0.25, -0.2) is 4.98 Å². The molecule has 1 fully saturated rings. The van der Waals surface area contributed by atoms with Gasteiger partial charge in [0.1, 0.15) is 10.6 Å². The normalized spacial score (nSPS) is 15.8. The number of halogens is 1. The van der Waals surface area contributed by atoms with Crippen LogP contribution in [0.4, 0.5) is 0 Å². The van der Waals surface area contributed by atoms with Crippen LogP contribution in [-0.2, 0) is 9.59 Å². The maximum atomic E-state index is 12.7. The van der Waals surface area contributed by atoms with Gasteiger partial charge < -0.3 is 0 Å². The molecule has 2 amide bonds. The standard InChI is InChI=1S/C19H14ClN3O2S2/c1-2-10-23-18(25)15(16(24)22-19(23)26)11-12-4-3-9-21-17(12)27-14-7-5-13(20)6-8-14/h2-9,11H,1,10H2,(H,22,24,26). The van der Waals surface area contributed by atoms with Crippen LogP contribution in [-0.4, -0.2) is 33.4 Å². The Labute approximate surface area is 171 Å². The molecule has 0 unspecified atom stereocenters. The molecule has 5 nitrogen and oxygen atoms in total. The number of amides is 2. The molecule has 1 aromatic carbocycles. The quantitative estimate of drug-likeness (QED) is 0.349. The van der Waals surface area contributed by atoms with Crippen molar-refractivity contribution in [3.8, 4) is 0 Å². The van der Waals surface area contributed by atoms with Crippen LogP contribution in [0.3, 0.4) is 0 Å². The van der Waals surface area contributed by atoms with Crippen molar-refractivity contribution in [3.05, 3.63) is 71.4 Å². The summed E-state index contributed by atoms with van der Waals surface area (Å²) in [5.41, 5.74) is 0.652. The molecule has 1 N–H and O–H groups in total. The fourth-order valence-corrected chi connectivity index (χ4v) is 3.59. The van der Waals surface area contributed by atoms with Crippen molar-refractivity contribution in [3.63, 3.8) is 0 Å². The lowest BCUT2D eigenvalue weighted by Gasteiger charge is -2.27. The second kappa shape index (κ2) is 8.47. The Kier molecular flexibility index (Phi) is 6.05. The highest BCUT2D eigenvalue weighted by molar-refractivity contribution is 7.99. The largest absolute Gasteiger partial charge is 0.298 e. The molecule has 1 aliphatic heterocycles. The molecular weight excluding hydrogens is 402 g/mol. The van der Waals surface area contributed by atoms with Gasteiger partial charge in [0.05, 0.1) is 0 Å². The molecule has 1 aromatic heterocycles. The SMILES string of the molecule is C=CCN1C(=O)C(=Cc2cccnc2Sc2ccc(Cl)cc2)C(=O)NC1=S. The summed E-state index contributed by atoms with van der Waals surface area (Å²) in [6, 6.07) is 10.9. The lowest BCUT2D eigenvalue weighted by Crippen LogP contribution is -2.53. The maximum absolute atomic E-state index is 12.7. The number of rotatable bonds is 5. The van der Waals surface area contributed by atoms with E-state index in [0.29, 0.717) is 15.6 Å². The van der Waals surface area contributed by atoms with E-state index in [4.69, 9.17) is 23.8 Å². The summed E-state index contributed by atoms with van der Waals surface area (Å²) in [4.78, 5) is 31.6. The lowest BCUT2D eigenvalue weighted by molar-refractivity contribution is -0.128. The predicted molar refractivity (Wildman–Crippen MR) is 110 cm³/mol. The maximum Gasteiger partial charge on any atom is 0.265 e. The molecule has 136 valence electrons. The average Bonchev–Trinajstić information content (AvgIpc) is 2.65. The van der Waals surface area contributed by atoms with Gasteiger partial charge in [-0.05, 0) is 48.6 Å². The van der Waals surface area contributed by atoms with Crippen molar-refractivity contribution < 1.29 is 9.59 Å². The number of carbonyl (C=O) groups excluding carboxylic acids is 2. The molecule has 0 spiro atoms. The second-order valence-electron chi connectivity index (χ2n) is 5.48. The van der Waals surface area contributed by atoms with E-state index in [1.165, 1.54) is 22.7 Å². The topological polar surface area (TPSA) is 62.3 Å². The highest BCUT2D eigenvalue weighted by Crippen LogP contribution is 2.31. The van der Waals surface area contributed by atoms with E-state index in [-0.39, 0.29) is 17.2 Å². The number of carbonyl (C=O) groups is 2. The third kappa shape index (κ3) is 4.44. The third-order valence-electron chi connectivity index (χ3n) is 3.63. The summed E-state index contributed by atoms with van der Waals surface area (Å²) in [6.07, 6.45) is 4.73. The Morgan fingerprint density at radius 1 is 1.26 bits per heavy atom. The zero-order valence-corrected chi connectivity index (χ0v) is 16.4. The van der Waals surface area contributed by atoms with Crippen LogP contribution in [0.5, 0.6) is 0 Å². The number of thiocarbonyl (C=S) groups is 1. The van der Waals surface area contributed by atoms with Crippen molar-refractivity contribution in [2.24, 2.45) is 0 Å². The van der Waals surface area contributed by atoms with E-state index in [1.807, 2.05) is 12.1 Å². The summed E-state index contributed by atoms with van der Waals surface area (Å²) in [5, 5.41) is 3.91. The monoisotopic (exact) mass is 415 g/mol. The molecule has 0 atom stereocenters. The molecule has 0 aliphatic carbocycles. The number of aromatic nitrogens is 1. The van der Waals surface area contributed by atoms with Crippen LogP contribution < -0.4 is 5.32 Å². The second-order valence-corrected chi connectivity index (χ2v) is 7.36. The minimum Gasteiger partial charge on any atom is -0.298 e. The summed E-state index contributed by atoms with van der Waals surface area (Å²) < 4.78 is 0. The highest BCUT2D eigenvalue weighted by Gasteiger charge is 2.32. The van der Waals surface area contributed by atoms with Crippen LogP contribution in [0.25, 0.3) is 6.08 Å². The van der Waals surface area contributed by atoms with E-state index in [0.717, 1.165) is 4.90 Å². The van der Waals surface area contributed by atoms with Gasteiger partial charge >= 0.3 is 0 Å². The molecule has 2 heterocycles. The molecule has 0 radical (unpaired) electrons. The Hall–Kier alpha value is -2.48.